The van der Waals surface area contributed by atoms with Crippen molar-refractivity contribution < 1.29 is 14.7 Å². The van der Waals surface area contributed by atoms with Crippen LogP contribution in [0.5, 0.6) is 0 Å². The van der Waals surface area contributed by atoms with Gasteiger partial charge in [0.15, 0.2) is 5.11 Å². The van der Waals surface area contributed by atoms with Gasteiger partial charge in [0, 0.05) is 10.6 Å². The summed E-state index contributed by atoms with van der Waals surface area (Å²) in [6, 6.07) is 9.57. The second-order valence-electron chi connectivity index (χ2n) is 4.89. The average molecular weight is 383 g/mol. The number of aryl methyl sites for hydroxylation is 1. The summed E-state index contributed by atoms with van der Waals surface area (Å²) in [5.41, 5.74) is 1.26. The molecule has 0 aliphatic rings. The Bertz CT molecular complexity index is 840. The van der Waals surface area contributed by atoms with Crippen molar-refractivity contribution in [3.63, 3.8) is 0 Å². The van der Waals surface area contributed by atoms with E-state index in [1.54, 1.807) is 18.2 Å². The largest absolute Gasteiger partial charge is 0.478 e. The van der Waals surface area contributed by atoms with Crippen molar-refractivity contribution >= 4 is 58.1 Å². The van der Waals surface area contributed by atoms with Crippen LogP contribution in [0.3, 0.4) is 0 Å². The predicted molar refractivity (Wildman–Crippen MR) is 98.3 cm³/mol. The number of aromatic carboxylic acids is 1. The monoisotopic (exact) mass is 382 g/mol. The summed E-state index contributed by atoms with van der Waals surface area (Å²) in [5.74, 6) is -1.65. The third kappa shape index (κ3) is 4.44. The molecule has 0 spiro atoms. The number of carbonyl (C=O) groups is 2. The third-order valence-corrected chi connectivity index (χ3v) is 3.75. The molecule has 8 heteroatoms. The number of thiocarbonyl (C=S) groups is 1. The molecular formula is C16H12Cl2N2O3S. The second-order valence-corrected chi connectivity index (χ2v) is 6.14. The van der Waals surface area contributed by atoms with Crippen LogP contribution in [0, 0.1) is 6.92 Å². The van der Waals surface area contributed by atoms with Gasteiger partial charge in [0.1, 0.15) is 0 Å². The molecule has 0 unspecified atom stereocenters. The van der Waals surface area contributed by atoms with Gasteiger partial charge in [-0.1, -0.05) is 40.9 Å². The van der Waals surface area contributed by atoms with Crippen LogP contribution in [0.1, 0.15) is 26.3 Å². The van der Waals surface area contributed by atoms with E-state index in [1.165, 1.54) is 12.1 Å². The van der Waals surface area contributed by atoms with E-state index in [0.29, 0.717) is 5.56 Å². The summed E-state index contributed by atoms with van der Waals surface area (Å²) in [6.45, 7) is 1.86. The van der Waals surface area contributed by atoms with Crippen molar-refractivity contribution in [1.29, 1.82) is 0 Å². The van der Waals surface area contributed by atoms with Crippen LogP contribution in [-0.2, 0) is 0 Å². The Balaban J connectivity index is 2.18. The predicted octanol–water partition coefficient (Wildman–Crippen LogP) is 4.13. The Morgan fingerprint density at radius 3 is 2.50 bits per heavy atom. The van der Waals surface area contributed by atoms with E-state index in [1.807, 2.05) is 13.0 Å². The summed E-state index contributed by atoms with van der Waals surface area (Å²) >= 11 is 16.9. The number of carboxylic acids is 1. The van der Waals surface area contributed by atoms with Crippen LogP contribution in [0.25, 0.3) is 0 Å². The highest BCUT2D eigenvalue weighted by Crippen LogP contribution is 2.30. The van der Waals surface area contributed by atoms with E-state index in [-0.39, 0.29) is 26.4 Å². The Morgan fingerprint density at radius 1 is 1.17 bits per heavy atom. The van der Waals surface area contributed by atoms with Crippen molar-refractivity contribution in [1.82, 2.24) is 5.32 Å². The number of hydrogen-bond acceptors (Lipinski definition) is 3. The van der Waals surface area contributed by atoms with Gasteiger partial charge in [-0.05, 0) is 43.4 Å². The molecule has 2 aromatic rings. The minimum atomic E-state index is -1.23. The number of carboxylic acid groups (broad SMARTS) is 1. The zero-order chi connectivity index (χ0) is 17.9. The van der Waals surface area contributed by atoms with Crippen molar-refractivity contribution in [2.75, 3.05) is 5.32 Å². The second kappa shape index (κ2) is 7.61. The maximum absolute atomic E-state index is 12.1. The highest BCUT2D eigenvalue weighted by molar-refractivity contribution is 7.80. The van der Waals surface area contributed by atoms with Crippen LogP contribution >= 0.6 is 35.4 Å². The van der Waals surface area contributed by atoms with E-state index in [2.05, 4.69) is 10.6 Å². The number of amides is 1. The van der Waals surface area contributed by atoms with E-state index >= 15 is 0 Å². The lowest BCUT2D eigenvalue weighted by molar-refractivity contribution is 0.0698. The third-order valence-electron chi connectivity index (χ3n) is 3.03. The summed E-state index contributed by atoms with van der Waals surface area (Å²) in [6.07, 6.45) is 0. The first-order valence-electron chi connectivity index (χ1n) is 6.69. The molecule has 0 radical (unpaired) electrons. The fourth-order valence-corrected chi connectivity index (χ4v) is 2.71. The molecule has 0 saturated heterocycles. The first-order chi connectivity index (χ1) is 11.3. The van der Waals surface area contributed by atoms with Crippen LogP contribution in [0.15, 0.2) is 36.4 Å². The lowest BCUT2D eigenvalue weighted by Gasteiger charge is -2.14. The molecule has 0 bridgehead atoms. The molecule has 24 heavy (non-hydrogen) atoms. The van der Waals surface area contributed by atoms with Crippen molar-refractivity contribution in [3.8, 4) is 0 Å². The molecule has 3 N–H and O–H groups in total. The van der Waals surface area contributed by atoms with E-state index in [4.69, 9.17) is 35.4 Å². The Morgan fingerprint density at radius 2 is 1.88 bits per heavy atom. The molecule has 5 nitrogen and oxygen atoms in total. The van der Waals surface area contributed by atoms with Gasteiger partial charge >= 0.3 is 5.97 Å². The molecule has 2 aromatic carbocycles. The molecule has 2 rings (SSSR count). The van der Waals surface area contributed by atoms with Gasteiger partial charge in [-0.2, -0.15) is 0 Å². The van der Waals surface area contributed by atoms with E-state index < -0.39 is 11.9 Å². The molecule has 0 fully saturated rings. The Labute approximate surface area is 153 Å². The van der Waals surface area contributed by atoms with E-state index in [9.17, 15) is 14.7 Å². The van der Waals surface area contributed by atoms with Crippen LogP contribution in [-0.4, -0.2) is 22.1 Å². The number of nitrogens with one attached hydrogen (secondary N) is 2. The number of halogens is 2. The smallest absolute Gasteiger partial charge is 0.337 e. The lowest BCUT2D eigenvalue weighted by atomic mass is 10.1. The molecule has 0 atom stereocenters. The molecule has 0 heterocycles. The fourth-order valence-electron chi connectivity index (χ4n) is 1.98. The zero-order valence-corrected chi connectivity index (χ0v) is 14.7. The van der Waals surface area contributed by atoms with Gasteiger partial charge in [0.05, 0.1) is 16.3 Å². The Kier molecular flexibility index (Phi) is 5.77. The molecule has 124 valence electrons. The van der Waals surface area contributed by atoms with Gasteiger partial charge in [-0.25, -0.2) is 4.79 Å². The van der Waals surface area contributed by atoms with Crippen LogP contribution < -0.4 is 10.6 Å². The quantitative estimate of drug-likeness (QED) is 0.695. The first kappa shape index (κ1) is 18.2. The summed E-state index contributed by atoms with van der Waals surface area (Å²) in [7, 11) is 0. The molecule has 0 saturated carbocycles. The SMILES string of the molecule is Cc1cccc(C(=O)NC(=S)Nc2c(Cl)cc(Cl)cc2C(=O)O)c1. The van der Waals surface area contributed by atoms with Crippen LogP contribution in [0.4, 0.5) is 5.69 Å². The first-order valence-corrected chi connectivity index (χ1v) is 7.85. The topological polar surface area (TPSA) is 78.4 Å². The van der Waals surface area contributed by atoms with Crippen molar-refractivity contribution in [2.24, 2.45) is 0 Å². The highest BCUT2D eigenvalue weighted by Gasteiger charge is 2.17. The van der Waals surface area contributed by atoms with Crippen molar-refractivity contribution in [3.05, 3.63) is 63.1 Å². The maximum Gasteiger partial charge on any atom is 0.337 e. The molecule has 0 aliphatic carbocycles. The van der Waals surface area contributed by atoms with E-state index in [0.717, 1.165) is 5.56 Å². The molecule has 0 aliphatic heterocycles. The summed E-state index contributed by atoms with van der Waals surface area (Å²) in [5, 5.41) is 14.5. The van der Waals surface area contributed by atoms with Gasteiger partial charge in [0.25, 0.3) is 5.91 Å². The lowest BCUT2D eigenvalue weighted by Crippen LogP contribution is -2.34. The highest BCUT2D eigenvalue weighted by atomic mass is 35.5. The van der Waals surface area contributed by atoms with Gasteiger partial charge in [-0.3, -0.25) is 10.1 Å². The van der Waals surface area contributed by atoms with Crippen LogP contribution in [0.2, 0.25) is 10.0 Å². The standard InChI is InChI=1S/C16H12Cl2N2O3S/c1-8-3-2-4-9(5-8)14(21)20-16(24)19-13-11(15(22)23)6-10(17)7-12(13)18/h2-7H,1H3,(H,22,23)(H2,19,20,21,24). The summed E-state index contributed by atoms with van der Waals surface area (Å²) in [4.78, 5) is 23.4. The van der Waals surface area contributed by atoms with Crippen molar-refractivity contribution in [2.45, 2.75) is 6.92 Å². The molecule has 0 aromatic heterocycles. The minimum Gasteiger partial charge on any atom is -0.478 e. The summed E-state index contributed by atoms with van der Waals surface area (Å²) < 4.78 is 0. The fraction of sp³-hybridized carbons (Fsp3) is 0.0625. The van der Waals surface area contributed by atoms with Gasteiger partial charge in [0.2, 0.25) is 0 Å². The maximum atomic E-state index is 12.1. The molecular weight excluding hydrogens is 371 g/mol. The Hall–Kier alpha value is -2.15. The minimum absolute atomic E-state index is 0.0584. The molecule has 1 amide bonds. The number of hydrogen-bond donors (Lipinski definition) is 3. The average Bonchev–Trinajstić information content (AvgIpc) is 2.49. The number of carbonyl (C=O) groups excluding carboxylic acids is 1. The normalized spacial score (nSPS) is 10.1. The van der Waals surface area contributed by atoms with Gasteiger partial charge in [-0.15, -0.1) is 0 Å². The number of rotatable bonds is 3. The zero-order valence-electron chi connectivity index (χ0n) is 12.4. The number of anilines is 1. The number of benzene rings is 2. The van der Waals surface area contributed by atoms with Gasteiger partial charge < -0.3 is 10.4 Å².